The van der Waals surface area contributed by atoms with Gasteiger partial charge in [-0.2, -0.15) is 0 Å². The molecule has 0 aliphatic heterocycles. The summed E-state index contributed by atoms with van der Waals surface area (Å²) in [5, 5.41) is 15.6. The second-order valence-electron chi connectivity index (χ2n) is 1.55. The van der Waals surface area contributed by atoms with Gasteiger partial charge in [0.1, 0.15) is 5.70 Å². The summed E-state index contributed by atoms with van der Waals surface area (Å²) in [5.74, 6) is -1.16. The van der Waals surface area contributed by atoms with Gasteiger partial charge in [-0.3, -0.25) is 0 Å². The molecule has 60 valence electrons. The number of aliphatic hydroxyl groups excluding tert-OH is 1. The van der Waals surface area contributed by atoms with E-state index < -0.39 is 5.97 Å². The van der Waals surface area contributed by atoms with Crippen LogP contribution < -0.4 is 5.73 Å². The predicted molar refractivity (Wildman–Crippen MR) is 38.3 cm³/mol. The van der Waals surface area contributed by atoms with Crippen LogP contribution in [-0.2, 0) is 4.79 Å². The van der Waals surface area contributed by atoms with Crippen LogP contribution in [0.5, 0.6) is 0 Å². The molecular formula is C6H13NO3. The fourth-order valence-corrected chi connectivity index (χ4v) is 0. The highest BCUT2D eigenvalue weighted by Crippen LogP contribution is 1.69. The van der Waals surface area contributed by atoms with Gasteiger partial charge >= 0.3 is 5.97 Å². The Morgan fingerprint density at radius 1 is 1.70 bits per heavy atom. The average molecular weight is 147 g/mol. The van der Waals surface area contributed by atoms with Crippen molar-refractivity contribution >= 4 is 5.97 Å². The molecule has 0 fully saturated rings. The van der Waals surface area contributed by atoms with Crippen LogP contribution in [0.1, 0.15) is 13.3 Å². The average Bonchev–Trinajstić information content (AvgIpc) is 1.89. The SMILES string of the molecule is C=C(N)C(=O)O.CCCO. The van der Waals surface area contributed by atoms with Crippen molar-refractivity contribution in [3.05, 3.63) is 12.3 Å². The Hall–Kier alpha value is -1.03. The third-order valence-corrected chi connectivity index (χ3v) is 0.498. The molecule has 0 unspecified atom stereocenters. The number of hydrogen-bond donors (Lipinski definition) is 3. The first-order valence-corrected chi connectivity index (χ1v) is 2.84. The molecule has 0 saturated heterocycles. The van der Waals surface area contributed by atoms with Crippen LogP contribution in [0.25, 0.3) is 0 Å². The lowest BCUT2D eigenvalue weighted by molar-refractivity contribution is -0.132. The number of hydrogen-bond acceptors (Lipinski definition) is 3. The molecule has 4 heteroatoms. The maximum atomic E-state index is 9.47. The van der Waals surface area contributed by atoms with E-state index in [4.69, 9.17) is 10.2 Å². The zero-order valence-electron chi connectivity index (χ0n) is 6.00. The minimum Gasteiger partial charge on any atom is -0.477 e. The van der Waals surface area contributed by atoms with Gasteiger partial charge in [0.05, 0.1) is 0 Å². The van der Waals surface area contributed by atoms with Gasteiger partial charge in [0.25, 0.3) is 0 Å². The van der Waals surface area contributed by atoms with Crippen molar-refractivity contribution in [1.82, 2.24) is 0 Å². The molecule has 0 aromatic rings. The topological polar surface area (TPSA) is 83.6 Å². The zero-order chi connectivity index (χ0) is 8.57. The van der Waals surface area contributed by atoms with Crippen molar-refractivity contribution in [3.8, 4) is 0 Å². The molecule has 0 atom stereocenters. The van der Waals surface area contributed by atoms with E-state index in [1.54, 1.807) is 0 Å². The fraction of sp³-hybridized carbons (Fsp3) is 0.500. The fourth-order valence-electron chi connectivity index (χ4n) is 0. The van der Waals surface area contributed by atoms with E-state index in [0.29, 0.717) is 6.61 Å². The number of rotatable bonds is 2. The highest BCUT2D eigenvalue weighted by molar-refractivity contribution is 5.84. The Morgan fingerprint density at radius 3 is 1.90 bits per heavy atom. The number of nitrogens with two attached hydrogens (primary N) is 1. The lowest BCUT2D eigenvalue weighted by atomic mass is 10.5. The molecule has 0 aliphatic carbocycles. The van der Waals surface area contributed by atoms with Gasteiger partial charge in [-0.25, -0.2) is 4.79 Å². The van der Waals surface area contributed by atoms with Crippen molar-refractivity contribution in [3.63, 3.8) is 0 Å². The van der Waals surface area contributed by atoms with Crippen molar-refractivity contribution in [2.75, 3.05) is 6.61 Å². The Morgan fingerprint density at radius 2 is 1.90 bits per heavy atom. The smallest absolute Gasteiger partial charge is 0.351 e. The number of aliphatic hydroxyl groups is 1. The van der Waals surface area contributed by atoms with Crippen LogP contribution >= 0.6 is 0 Å². The first-order chi connectivity index (χ1) is 4.56. The summed E-state index contributed by atoms with van der Waals surface area (Å²) < 4.78 is 0. The molecule has 4 nitrogen and oxygen atoms in total. The minimum atomic E-state index is -1.16. The monoisotopic (exact) mass is 147 g/mol. The molecule has 0 heterocycles. The third-order valence-electron chi connectivity index (χ3n) is 0.498. The van der Waals surface area contributed by atoms with Gasteiger partial charge in [-0.05, 0) is 6.42 Å². The standard InChI is InChI=1S/C3H5NO2.C3H8O/c1-2(4)3(5)6;1-2-3-4/h1,4H2,(H,5,6);4H,2-3H2,1H3. The Kier molecular flexibility index (Phi) is 9.35. The first kappa shape index (κ1) is 11.7. The molecular weight excluding hydrogens is 134 g/mol. The Balaban J connectivity index is 0. The second-order valence-corrected chi connectivity index (χ2v) is 1.55. The highest BCUT2D eigenvalue weighted by Gasteiger charge is 1.91. The summed E-state index contributed by atoms with van der Waals surface area (Å²) >= 11 is 0. The Labute approximate surface area is 60.0 Å². The Bertz CT molecular complexity index is 97.6. The molecule has 0 bridgehead atoms. The third kappa shape index (κ3) is 15.8. The van der Waals surface area contributed by atoms with Crippen LogP contribution in [0.15, 0.2) is 12.3 Å². The molecule has 0 amide bonds. The molecule has 4 N–H and O–H groups in total. The predicted octanol–water partition coefficient (Wildman–Crippen LogP) is -0.0679. The van der Waals surface area contributed by atoms with E-state index in [2.05, 4.69) is 12.3 Å². The summed E-state index contributed by atoms with van der Waals surface area (Å²) in [4.78, 5) is 9.47. The van der Waals surface area contributed by atoms with Crippen molar-refractivity contribution < 1.29 is 15.0 Å². The zero-order valence-corrected chi connectivity index (χ0v) is 6.00. The first-order valence-electron chi connectivity index (χ1n) is 2.84. The lowest BCUT2D eigenvalue weighted by Gasteiger charge is -1.81. The van der Waals surface area contributed by atoms with E-state index in [0.717, 1.165) is 6.42 Å². The molecule has 10 heavy (non-hydrogen) atoms. The van der Waals surface area contributed by atoms with E-state index in [1.807, 2.05) is 6.92 Å². The summed E-state index contributed by atoms with van der Waals surface area (Å²) in [5.41, 5.74) is 4.32. The maximum absolute atomic E-state index is 9.47. The molecule has 0 aromatic carbocycles. The van der Waals surface area contributed by atoms with Gasteiger partial charge in [-0.15, -0.1) is 0 Å². The number of carboxylic acid groups (broad SMARTS) is 1. The maximum Gasteiger partial charge on any atom is 0.351 e. The minimum absolute atomic E-state index is 0.319. The van der Waals surface area contributed by atoms with E-state index in [-0.39, 0.29) is 5.70 Å². The quantitative estimate of drug-likeness (QED) is 0.477. The summed E-state index contributed by atoms with van der Waals surface area (Å²) in [6.07, 6.45) is 0.875. The number of aliphatic carboxylic acids is 1. The molecule has 0 rings (SSSR count). The second kappa shape index (κ2) is 7.97. The van der Waals surface area contributed by atoms with Crippen LogP contribution in [-0.4, -0.2) is 22.8 Å². The van der Waals surface area contributed by atoms with Gasteiger partial charge in [0.2, 0.25) is 0 Å². The van der Waals surface area contributed by atoms with E-state index >= 15 is 0 Å². The molecule has 0 aliphatic rings. The summed E-state index contributed by atoms with van der Waals surface area (Å²) in [7, 11) is 0. The molecule has 0 spiro atoms. The lowest BCUT2D eigenvalue weighted by Crippen LogP contribution is -2.06. The highest BCUT2D eigenvalue weighted by atomic mass is 16.4. The largest absolute Gasteiger partial charge is 0.477 e. The summed E-state index contributed by atoms with van der Waals surface area (Å²) in [6, 6.07) is 0. The molecule has 0 saturated carbocycles. The van der Waals surface area contributed by atoms with Gasteiger partial charge in [0.15, 0.2) is 0 Å². The van der Waals surface area contributed by atoms with Gasteiger partial charge in [0, 0.05) is 6.61 Å². The molecule has 0 radical (unpaired) electrons. The van der Waals surface area contributed by atoms with Crippen LogP contribution in [0, 0.1) is 0 Å². The normalized spacial score (nSPS) is 7.40. The van der Waals surface area contributed by atoms with Crippen LogP contribution in [0.4, 0.5) is 0 Å². The van der Waals surface area contributed by atoms with Gasteiger partial charge < -0.3 is 15.9 Å². The van der Waals surface area contributed by atoms with E-state index in [9.17, 15) is 4.79 Å². The number of carboxylic acids is 1. The van der Waals surface area contributed by atoms with Crippen molar-refractivity contribution in [2.24, 2.45) is 5.73 Å². The molecule has 0 aromatic heterocycles. The van der Waals surface area contributed by atoms with Crippen LogP contribution in [0.2, 0.25) is 0 Å². The van der Waals surface area contributed by atoms with Crippen LogP contribution in [0.3, 0.4) is 0 Å². The van der Waals surface area contributed by atoms with Crippen molar-refractivity contribution in [1.29, 1.82) is 0 Å². The van der Waals surface area contributed by atoms with E-state index in [1.165, 1.54) is 0 Å². The van der Waals surface area contributed by atoms with Crippen molar-refractivity contribution in [2.45, 2.75) is 13.3 Å². The van der Waals surface area contributed by atoms with Gasteiger partial charge in [-0.1, -0.05) is 13.5 Å². The number of carbonyl (C=O) groups is 1. The summed E-state index contributed by atoms with van der Waals surface area (Å²) in [6.45, 7) is 5.18.